The largest absolute Gasteiger partial charge is 0.493 e. The molecule has 2 aromatic rings. The van der Waals surface area contributed by atoms with Gasteiger partial charge >= 0.3 is 0 Å². The minimum atomic E-state index is -3.08. The van der Waals surface area contributed by atoms with Gasteiger partial charge in [0.05, 0.1) is 9.30 Å². The third-order valence-corrected chi connectivity index (χ3v) is 3.70. The molecular weight excluding hydrogens is 309 g/mol. The van der Waals surface area contributed by atoms with Gasteiger partial charge in [0, 0.05) is 23.9 Å². The first-order chi connectivity index (χ1) is 14.7. The van der Waals surface area contributed by atoms with Crippen LogP contribution in [0.25, 0.3) is 0 Å². The molecule has 5 heteroatoms. The van der Waals surface area contributed by atoms with Gasteiger partial charge in [-0.2, -0.15) is 0 Å². The highest BCUT2D eigenvalue weighted by Gasteiger charge is 2.27. The van der Waals surface area contributed by atoms with Crippen LogP contribution in [0, 0.1) is 11.7 Å². The van der Waals surface area contributed by atoms with Crippen molar-refractivity contribution in [2.75, 3.05) is 26.3 Å². The highest BCUT2D eigenvalue weighted by molar-refractivity contribution is 5.46. The van der Waals surface area contributed by atoms with Crippen LogP contribution in [-0.2, 0) is 0 Å². The van der Waals surface area contributed by atoms with Crippen molar-refractivity contribution < 1.29 is 29.6 Å². The summed E-state index contributed by atoms with van der Waals surface area (Å²) in [7, 11) is 0. The van der Waals surface area contributed by atoms with Gasteiger partial charge in [-0.1, -0.05) is 12.1 Å². The lowest BCUT2D eigenvalue weighted by molar-refractivity contribution is 0.173. The lowest BCUT2D eigenvalue weighted by Gasteiger charge is -2.32. The predicted molar refractivity (Wildman–Crippen MR) is 88.2 cm³/mol. The van der Waals surface area contributed by atoms with E-state index in [-0.39, 0.29) is 35.8 Å². The summed E-state index contributed by atoms with van der Waals surface area (Å²) in [6, 6.07) is 8.36. The fourth-order valence-electron chi connectivity index (χ4n) is 2.50. The van der Waals surface area contributed by atoms with Crippen molar-refractivity contribution in [1.29, 1.82) is 0 Å². The smallest absolute Gasteiger partial charge is 0.231 e. The van der Waals surface area contributed by atoms with Crippen LogP contribution < -0.4 is 19.5 Å². The zero-order chi connectivity index (χ0) is 23.6. The summed E-state index contributed by atoms with van der Waals surface area (Å²) < 4.78 is 95.8. The molecule has 126 valence electrons. The Morgan fingerprint density at radius 3 is 2.96 bits per heavy atom. The van der Waals surface area contributed by atoms with Crippen LogP contribution in [0.3, 0.4) is 0 Å². The standard InChI is InChI=1S/C19H20FNO3/c20-15-3-1-13(2-4-15)17-7-8-21-10-14(17)11-22-16-5-6-18-19(9-16)24-12-23-18/h1-6,9,14,17,21H,7-8,10-12H2/t14?,17-/m0/s1/i10D2,11D2,12D2,14D,17D. The molecule has 0 aromatic heterocycles. The first-order valence-electron chi connectivity index (χ1n) is 11.4. The summed E-state index contributed by atoms with van der Waals surface area (Å²) in [6.07, 6.45) is -0.133. The molecule has 4 rings (SSSR count). The molecule has 24 heavy (non-hydrogen) atoms. The van der Waals surface area contributed by atoms with Crippen LogP contribution in [0.2, 0.25) is 0 Å². The zero-order valence-electron chi connectivity index (χ0n) is 20.6. The van der Waals surface area contributed by atoms with Crippen molar-refractivity contribution in [3.8, 4) is 17.2 Å². The molecule has 1 fully saturated rings. The number of nitrogens with one attached hydrogen (secondary N) is 1. The summed E-state index contributed by atoms with van der Waals surface area (Å²) >= 11 is 0. The maximum absolute atomic E-state index is 13.5. The molecule has 4 nitrogen and oxygen atoms in total. The van der Waals surface area contributed by atoms with Crippen molar-refractivity contribution >= 4 is 0 Å². The second-order valence-electron chi connectivity index (χ2n) is 5.26. The van der Waals surface area contributed by atoms with Gasteiger partial charge in [-0.05, 0) is 48.7 Å². The average Bonchev–Trinajstić information content (AvgIpc) is 2.99. The number of benzene rings is 2. The van der Waals surface area contributed by atoms with E-state index in [9.17, 15) is 4.39 Å². The lowest BCUT2D eigenvalue weighted by Crippen LogP contribution is -2.38. The summed E-state index contributed by atoms with van der Waals surface area (Å²) in [5.74, 6) is -5.74. The van der Waals surface area contributed by atoms with E-state index in [1.807, 2.05) is 0 Å². The van der Waals surface area contributed by atoms with E-state index in [0.29, 0.717) is 0 Å². The Balaban J connectivity index is 1.76. The van der Waals surface area contributed by atoms with Crippen molar-refractivity contribution in [1.82, 2.24) is 5.32 Å². The molecule has 0 aliphatic carbocycles. The van der Waals surface area contributed by atoms with E-state index in [4.69, 9.17) is 25.2 Å². The second kappa shape index (κ2) is 6.69. The van der Waals surface area contributed by atoms with Gasteiger partial charge in [0.15, 0.2) is 11.5 Å². The quantitative estimate of drug-likeness (QED) is 0.929. The number of piperidine rings is 1. The third kappa shape index (κ3) is 3.17. The van der Waals surface area contributed by atoms with E-state index >= 15 is 0 Å². The molecule has 2 aromatic carbocycles. The molecule has 1 saturated heterocycles. The molecule has 2 atom stereocenters. The Hall–Kier alpha value is -2.27. The van der Waals surface area contributed by atoms with Gasteiger partial charge in [0.1, 0.15) is 14.3 Å². The molecule has 2 aliphatic heterocycles. The second-order valence-corrected chi connectivity index (χ2v) is 5.26. The Morgan fingerprint density at radius 1 is 1.25 bits per heavy atom. The number of rotatable bonds is 4. The fraction of sp³-hybridized carbons (Fsp3) is 0.368. The van der Waals surface area contributed by atoms with E-state index in [2.05, 4.69) is 5.32 Å². The van der Waals surface area contributed by atoms with Crippen LogP contribution in [0.1, 0.15) is 28.8 Å². The minimum absolute atomic E-state index is 0.0102. The first-order valence-corrected chi connectivity index (χ1v) is 7.43. The van der Waals surface area contributed by atoms with E-state index < -0.39 is 37.4 Å². The number of halogens is 1. The Labute approximate surface area is 151 Å². The van der Waals surface area contributed by atoms with Crippen molar-refractivity contribution in [3.05, 3.63) is 53.8 Å². The van der Waals surface area contributed by atoms with Crippen molar-refractivity contribution in [2.24, 2.45) is 5.89 Å². The molecule has 0 bridgehead atoms. The SMILES string of the molecule is [2H]C1([2H])Oc2ccc(OC([2H])([2H])C3([2H])C([2H])([2H])NCC[C@@]3([2H])c3ccc(F)cc3)cc2O1. The van der Waals surface area contributed by atoms with Crippen LogP contribution in [0.5, 0.6) is 17.2 Å². The normalized spacial score (nSPS) is 38.2. The highest BCUT2D eigenvalue weighted by atomic mass is 19.1. The molecule has 2 heterocycles. The molecular formula is C19H20FNO3. The number of ether oxygens (including phenoxy) is 3. The highest BCUT2D eigenvalue weighted by Crippen LogP contribution is 2.36. The van der Waals surface area contributed by atoms with Crippen LogP contribution in [0.4, 0.5) is 4.39 Å². The lowest BCUT2D eigenvalue weighted by atomic mass is 9.81. The molecule has 0 radical (unpaired) electrons. The molecule has 2 aliphatic rings. The molecule has 1 unspecified atom stereocenters. The fourth-order valence-corrected chi connectivity index (χ4v) is 2.50. The number of hydrogen-bond acceptors (Lipinski definition) is 4. The third-order valence-electron chi connectivity index (χ3n) is 3.70. The predicted octanol–water partition coefficient (Wildman–Crippen LogP) is 3.33. The van der Waals surface area contributed by atoms with Crippen LogP contribution in [-0.4, -0.2) is 26.3 Å². The summed E-state index contributed by atoms with van der Waals surface area (Å²) in [5.41, 5.74) is 0.0747. The van der Waals surface area contributed by atoms with Crippen molar-refractivity contribution in [3.63, 3.8) is 0 Å². The van der Waals surface area contributed by atoms with Gasteiger partial charge in [0.2, 0.25) is 6.75 Å². The molecule has 0 saturated carbocycles. The molecule has 0 amide bonds. The molecule has 1 N–H and O–H groups in total. The Morgan fingerprint density at radius 2 is 2.08 bits per heavy atom. The maximum Gasteiger partial charge on any atom is 0.231 e. The molecule has 0 spiro atoms. The van der Waals surface area contributed by atoms with Crippen LogP contribution >= 0.6 is 0 Å². The van der Waals surface area contributed by atoms with Gasteiger partial charge in [-0.3, -0.25) is 0 Å². The monoisotopic (exact) mass is 337 g/mol. The van der Waals surface area contributed by atoms with E-state index in [1.165, 1.54) is 24.3 Å². The number of hydrogen-bond donors (Lipinski definition) is 1. The summed E-state index contributed by atoms with van der Waals surface area (Å²) in [6.45, 7) is -8.20. The van der Waals surface area contributed by atoms with E-state index in [1.54, 1.807) is 0 Å². The maximum atomic E-state index is 13.5. The zero-order valence-corrected chi connectivity index (χ0v) is 12.6. The van der Waals surface area contributed by atoms with Gasteiger partial charge in [0.25, 0.3) is 0 Å². The Kier molecular flexibility index (Phi) is 2.43. The van der Waals surface area contributed by atoms with Crippen LogP contribution in [0.15, 0.2) is 42.5 Å². The van der Waals surface area contributed by atoms with E-state index in [0.717, 1.165) is 18.2 Å². The summed E-state index contributed by atoms with van der Waals surface area (Å²) in [5, 5.41) is 2.47. The summed E-state index contributed by atoms with van der Waals surface area (Å²) in [4.78, 5) is 0. The first kappa shape index (κ1) is 8.72. The van der Waals surface area contributed by atoms with Gasteiger partial charge in [-0.15, -0.1) is 0 Å². The Bertz CT molecular complexity index is 1040. The average molecular weight is 337 g/mol. The number of fused-ring (bicyclic) bond motifs is 1. The van der Waals surface area contributed by atoms with Crippen molar-refractivity contribution in [2.45, 2.75) is 12.3 Å². The minimum Gasteiger partial charge on any atom is -0.493 e. The van der Waals surface area contributed by atoms with Gasteiger partial charge < -0.3 is 19.5 Å². The topological polar surface area (TPSA) is 39.7 Å². The van der Waals surface area contributed by atoms with Gasteiger partial charge in [-0.25, -0.2) is 4.39 Å².